The molecular weight excluding hydrogens is 418 g/mol. The Balaban J connectivity index is 1.58. The van der Waals surface area contributed by atoms with Crippen molar-refractivity contribution in [2.75, 3.05) is 5.32 Å². The monoisotopic (exact) mass is 445 g/mol. The highest BCUT2D eigenvalue weighted by Gasteiger charge is 2.15. The number of carbonyl (C=O) groups excluding carboxylic acids is 1. The first kappa shape index (κ1) is 22.0. The van der Waals surface area contributed by atoms with Gasteiger partial charge in [-0.05, 0) is 40.7 Å². The molecule has 0 aliphatic heterocycles. The molecule has 2 aromatic carbocycles. The Morgan fingerprint density at radius 3 is 2.16 bits per heavy atom. The van der Waals surface area contributed by atoms with Gasteiger partial charge in [-0.3, -0.25) is 14.2 Å². The number of amides is 1. The molecule has 4 rings (SSSR count). The average Bonchev–Trinajstić information content (AvgIpc) is 3.21. The first-order valence-corrected chi connectivity index (χ1v) is 11.7. The van der Waals surface area contributed by atoms with Gasteiger partial charge in [0.1, 0.15) is 11.4 Å². The van der Waals surface area contributed by atoms with Gasteiger partial charge in [-0.1, -0.05) is 64.1 Å². The molecule has 0 unspecified atom stereocenters. The quantitative estimate of drug-likeness (QED) is 0.395. The second-order valence-corrected chi connectivity index (χ2v) is 9.47. The first-order valence-electron chi connectivity index (χ1n) is 10.8. The fraction of sp³-hybridized carbons (Fsp3) is 0.269. The van der Waals surface area contributed by atoms with Crippen molar-refractivity contribution in [3.8, 4) is 11.1 Å². The van der Waals surface area contributed by atoms with Gasteiger partial charge < -0.3 is 5.32 Å². The van der Waals surface area contributed by atoms with Gasteiger partial charge in [0.15, 0.2) is 0 Å². The number of fused-ring (bicyclic) bond motifs is 1. The first-order chi connectivity index (χ1) is 15.3. The van der Waals surface area contributed by atoms with E-state index in [0.29, 0.717) is 27.7 Å². The molecule has 2 aromatic heterocycles. The van der Waals surface area contributed by atoms with Gasteiger partial charge in [-0.15, -0.1) is 11.3 Å². The molecule has 4 aromatic rings. The molecular formula is C26H27N3O2S. The molecule has 0 bridgehead atoms. The topological polar surface area (TPSA) is 64.0 Å². The van der Waals surface area contributed by atoms with Crippen LogP contribution in [0.4, 0.5) is 5.69 Å². The van der Waals surface area contributed by atoms with Crippen molar-refractivity contribution in [1.29, 1.82) is 0 Å². The van der Waals surface area contributed by atoms with Gasteiger partial charge in [0.05, 0.1) is 11.7 Å². The minimum absolute atomic E-state index is 0.0880. The van der Waals surface area contributed by atoms with Crippen LogP contribution >= 0.6 is 11.3 Å². The molecule has 5 nitrogen and oxygen atoms in total. The van der Waals surface area contributed by atoms with E-state index >= 15 is 0 Å². The van der Waals surface area contributed by atoms with E-state index in [9.17, 15) is 9.59 Å². The molecule has 1 amide bonds. The number of benzene rings is 2. The van der Waals surface area contributed by atoms with Crippen LogP contribution in [0.3, 0.4) is 0 Å². The number of rotatable bonds is 6. The predicted molar refractivity (Wildman–Crippen MR) is 133 cm³/mol. The van der Waals surface area contributed by atoms with Crippen molar-refractivity contribution in [1.82, 2.24) is 9.55 Å². The fourth-order valence-electron chi connectivity index (χ4n) is 3.65. The lowest BCUT2D eigenvalue weighted by atomic mass is 9.99. The Bertz CT molecular complexity index is 1300. The number of nitrogens with one attached hydrogen (secondary N) is 1. The zero-order valence-corrected chi connectivity index (χ0v) is 19.6. The molecule has 0 radical (unpaired) electrons. The van der Waals surface area contributed by atoms with Gasteiger partial charge in [-0.2, -0.15) is 0 Å². The summed E-state index contributed by atoms with van der Waals surface area (Å²) in [6.07, 6.45) is 1.45. The number of aromatic nitrogens is 2. The molecule has 6 heteroatoms. The molecule has 0 aliphatic rings. The Labute approximate surface area is 191 Å². The molecule has 1 N–H and O–H groups in total. The lowest BCUT2D eigenvalue weighted by Gasteiger charge is -2.10. The van der Waals surface area contributed by atoms with Crippen LogP contribution in [0.1, 0.15) is 50.7 Å². The van der Waals surface area contributed by atoms with Crippen LogP contribution in [0.2, 0.25) is 0 Å². The summed E-state index contributed by atoms with van der Waals surface area (Å²) in [5.74, 6) is 0.614. The summed E-state index contributed by atoms with van der Waals surface area (Å²) in [4.78, 5) is 30.9. The number of thiophene rings is 1. The van der Waals surface area contributed by atoms with E-state index in [2.05, 4.69) is 50.1 Å². The number of carbonyl (C=O) groups is 1. The second-order valence-electron chi connectivity index (χ2n) is 8.61. The SMILES string of the molecule is CC(C)c1ccc(NC(=O)Cn2cnc3scc(-c4ccc(C(C)C)cc4)c3c2=O)cc1. The molecule has 164 valence electrons. The molecule has 0 spiro atoms. The largest absolute Gasteiger partial charge is 0.325 e. The van der Waals surface area contributed by atoms with Crippen molar-refractivity contribution in [2.24, 2.45) is 0 Å². The molecule has 0 atom stereocenters. The standard InChI is InChI=1S/C26H27N3O2S/c1-16(2)18-5-7-20(8-6-18)22-14-32-25-24(22)26(31)29(15-27-25)13-23(30)28-21-11-9-19(10-12-21)17(3)4/h5-12,14-17H,13H2,1-4H3,(H,28,30). The Kier molecular flexibility index (Phi) is 6.24. The van der Waals surface area contributed by atoms with Crippen LogP contribution in [-0.4, -0.2) is 15.5 Å². The zero-order valence-electron chi connectivity index (χ0n) is 18.8. The van der Waals surface area contributed by atoms with Crippen LogP contribution in [0.15, 0.2) is 65.0 Å². The lowest BCUT2D eigenvalue weighted by molar-refractivity contribution is -0.116. The number of hydrogen-bond acceptors (Lipinski definition) is 4. The predicted octanol–water partition coefficient (Wildman–Crippen LogP) is 6.01. The van der Waals surface area contributed by atoms with Crippen LogP contribution in [0.5, 0.6) is 0 Å². The number of anilines is 1. The van der Waals surface area contributed by atoms with E-state index in [1.165, 1.54) is 33.4 Å². The van der Waals surface area contributed by atoms with Crippen molar-refractivity contribution in [2.45, 2.75) is 46.1 Å². The van der Waals surface area contributed by atoms with E-state index in [-0.39, 0.29) is 18.0 Å². The third kappa shape index (κ3) is 4.50. The highest BCUT2D eigenvalue weighted by molar-refractivity contribution is 7.17. The summed E-state index contributed by atoms with van der Waals surface area (Å²) in [5, 5.41) is 5.39. The van der Waals surface area contributed by atoms with Crippen LogP contribution in [0, 0.1) is 0 Å². The minimum atomic E-state index is -0.261. The number of nitrogens with zero attached hydrogens (tertiary/aromatic N) is 2. The van der Waals surface area contributed by atoms with Gasteiger partial charge >= 0.3 is 0 Å². The van der Waals surface area contributed by atoms with Crippen molar-refractivity contribution in [3.63, 3.8) is 0 Å². The Hall–Kier alpha value is -3.25. The fourth-order valence-corrected chi connectivity index (χ4v) is 4.55. The second kappa shape index (κ2) is 9.09. The van der Waals surface area contributed by atoms with Crippen LogP contribution in [0.25, 0.3) is 21.3 Å². The molecule has 0 saturated heterocycles. The zero-order chi connectivity index (χ0) is 22.8. The van der Waals surface area contributed by atoms with Gasteiger partial charge in [0.25, 0.3) is 5.56 Å². The summed E-state index contributed by atoms with van der Waals surface area (Å²) in [6.45, 7) is 8.47. The molecule has 32 heavy (non-hydrogen) atoms. The summed E-state index contributed by atoms with van der Waals surface area (Å²) >= 11 is 1.44. The average molecular weight is 446 g/mol. The van der Waals surface area contributed by atoms with E-state index in [0.717, 1.165) is 11.1 Å². The van der Waals surface area contributed by atoms with Gasteiger partial charge in [0.2, 0.25) is 5.91 Å². The number of hydrogen-bond donors (Lipinski definition) is 1. The maximum atomic E-state index is 13.2. The Morgan fingerprint density at radius 1 is 0.969 bits per heavy atom. The summed E-state index contributed by atoms with van der Waals surface area (Å²) in [5.41, 5.74) is 4.80. The maximum absolute atomic E-state index is 13.2. The smallest absolute Gasteiger partial charge is 0.263 e. The minimum Gasteiger partial charge on any atom is -0.325 e. The Morgan fingerprint density at radius 2 is 1.56 bits per heavy atom. The van der Waals surface area contributed by atoms with Crippen molar-refractivity contribution >= 4 is 33.1 Å². The normalized spacial score (nSPS) is 11.4. The summed E-state index contributed by atoms with van der Waals surface area (Å²) < 4.78 is 1.37. The lowest BCUT2D eigenvalue weighted by Crippen LogP contribution is -2.27. The van der Waals surface area contributed by atoms with Crippen molar-refractivity contribution in [3.05, 3.63) is 81.7 Å². The van der Waals surface area contributed by atoms with Crippen LogP contribution in [-0.2, 0) is 11.3 Å². The van der Waals surface area contributed by atoms with Gasteiger partial charge in [0, 0.05) is 16.6 Å². The third-order valence-corrected chi connectivity index (χ3v) is 6.51. The highest BCUT2D eigenvalue weighted by Crippen LogP contribution is 2.31. The van der Waals surface area contributed by atoms with E-state index < -0.39 is 0 Å². The van der Waals surface area contributed by atoms with Crippen molar-refractivity contribution < 1.29 is 4.79 Å². The molecule has 0 aliphatic carbocycles. The third-order valence-electron chi connectivity index (χ3n) is 5.62. The summed E-state index contributed by atoms with van der Waals surface area (Å²) in [6, 6.07) is 16.0. The van der Waals surface area contributed by atoms with Gasteiger partial charge in [-0.25, -0.2) is 4.98 Å². The van der Waals surface area contributed by atoms with E-state index in [1.54, 1.807) is 0 Å². The molecule has 0 fully saturated rings. The molecule has 2 heterocycles. The summed E-state index contributed by atoms with van der Waals surface area (Å²) in [7, 11) is 0. The van der Waals surface area contributed by atoms with E-state index in [4.69, 9.17) is 0 Å². The highest BCUT2D eigenvalue weighted by atomic mass is 32.1. The molecule has 0 saturated carbocycles. The van der Waals surface area contributed by atoms with Crippen LogP contribution < -0.4 is 10.9 Å². The van der Waals surface area contributed by atoms with E-state index in [1.807, 2.05) is 41.8 Å². The maximum Gasteiger partial charge on any atom is 0.263 e.